The van der Waals surface area contributed by atoms with Crippen molar-refractivity contribution in [2.45, 2.75) is 42.4 Å². The first-order valence-corrected chi connectivity index (χ1v) is 9.75. The average molecular weight is 348 g/mol. The fourth-order valence-corrected chi connectivity index (χ4v) is 3.66. The van der Waals surface area contributed by atoms with Crippen LogP contribution < -0.4 is 5.14 Å². The lowest BCUT2D eigenvalue weighted by atomic mass is 9.85. The van der Waals surface area contributed by atoms with Gasteiger partial charge >= 0.3 is 0 Å². The molecule has 2 aliphatic rings. The quantitative estimate of drug-likeness (QED) is 0.906. The van der Waals surface area contributed by atoms with E-state index in [4.69, 9.17) is 20.0 Å². The van der Waals surface area contributed by atoms with Gasteiger partial charge in [-0.1, -0.05) is 6.42 Å². The van der Waals surface area contributed by atoms with Gasteiger partial charge in [0.1, 0.15) is 5.82 Å². The molecule has 1 aromatic heterocycles. The molecule has 1 atom stereocenters. The van der Waals surface area contributed by atoms with Gasteiger partial charge in [-0.25, -0.2) is 23.2 Å². The van der Waals surface area contributed by atoms with Crippen LogP contribution in [0.4, 0.5) is 0 Å². The molecule has 2 aromatic rings. The molecule has 0 radical (unpaired) electrons. The Labute approximate surface area is 140 Å². The maximum Gasteiger partial charge on any atom is 0.238 e. The van der Waals surface area contributed by atoms with E-state index in [1.54, 1.807) is 12.1 Å². The van der Waals surface area contributed by atoms with Crippen molar-refractivity contribution < 1.29 is 13.2 Å². The number of nitrogens with zero attached hydrogens (tertiary/aromatic N) is 3. The van der Waals surface area contributed by atoms with Crippen LogP contribution in [0.1, 0.15) is 49.2 Å². The Morgan fingerprint density at radius 1 is 1.12 bits per heavy atom. The Morgan fingerprint density at radius 2 is 1.88 bits per heavy atom. The molecule has 24 heavy (non-hydrogen) atoms. The molecule has 8 heteroatoms. The molecule has 128 valence electrons. The highest BCUT2D eigenvalue weighted by atomic mass is 32.2. The van der Waals surface area contributed by atoms with Crippen molar-refractivity contribution in [2.24, 2.45) is 5.14 Å². The fourth-order valence-electron chi connectivity index (χ4n) is 3.15. The number of hydrogen-bond acceptors (Lipinski definition) is 5. The van der Waals surface area contributed by atoms with E-state index >= 15 is 0 Å². The van der Waals surface area contributed by atoms with E-state index in [1.165, 1.54) is 18.6 Å². The maximum atomic E-state index is 11.4. The molecule has 0 bridgehead atoms. The second kappa shape index (κ2) is 5.94. The van der Waals surface area contributed by atoms with E-state index in [0.29, 0.717) is 12.5 Å². The van der Waals surface area contributed by atoms with Gasteiger partial charge in [0.05, 0.1) is 17.2 Å². The number of primary sulfonamides is 1. The molecule has 2 N–H and O–H groups in total. The lowest BCUT2D eigenvalue weighted by Gasteiger charge is -2.24. The molecule has 2 fully saturated rings. The molecule has 7 nitrogen and oxygen atoms in total. The summed E-state index contributed by atoms with van der Waals surface area (Å²) in [6, 6.07) is 6.47. The van der Waals surface area contributed by atoms with Crippen molar-refractivity contribution in [2.75, 3.05) is 13.2 Å². The molecule has 1 aliphatic heterocycles. The third-order valence-corrected chi connectivity index (χ3v) is 5.75. The highest BCUT2D eigenvalue weighted by Crippen LogP contribution is 2.37. The van der Waals surface area contributed by atoms with Gasteiger partial charge in [0.25, 0.3) is 0 Å². The summed E-state index contributed by atoms with van der Waals surface area (Å²) in [5.74, 6) is 2.46. The average Bonchev–Trinajstić information content (AvgIpc) is 3.13. The minimum atomic E-state index is -3.69. The second-order valence-corrected chi connectivity index (χ2v) is 8.03. The Kier molecular flexibility index (Phi) is 3.90. The zero-order valence-corrected chi connectivity index (χ0v) is 14.1. The van der Waals surface area contributed by atoms with Gasteiger partial charge in [0, 0.05) is 18.4 Å². The van der Waals surface area contributed by atoms with Crippen molar-refractivity contribution in [1.82, 2.24) is 14.8 Å². The summed E-state index contributed by atoms with van der Waals surface area (Å²) in [5.41, 5.74) is 0.807. The van der Waals surface area contributed by atoms with Gasteiger partial charge in [-0.3, -0.25) is 0 Å². The van der Waals surface area contributed by atoms with Crippen molar-refractivity contribution in [3.63, 3.8) is 0 Å². The summed E-state index contributed by atoms with van der Waals surface area (Å²) >= 11 is 0. The molecule has 2 heterocycles. The summed E-state index contributed by atoms with van der Waals surface area (Å²) in [6.07, 6.45) is 4.39. The summed E-state index contributed by atoms with van der Waals surface area (Å²) in [7, 11) is -3.69. The first-order chi connectivity index (χ1) is 11.5. The van der Waals surface area contributed by atoms with Crippen molar-refractivity contribution in [3.8, 4) is 5.69 Å². The minimum absolute atomic E-state index is 0.0981. The molecular weight excluding hydrogens is 328 g/mol. The van der Waals surface area contributed by atoms with Crippen LogP contribution in [0.5, 0.6) is 0 Å². The highest BCUT2D eigenvalue weighted by Gasteiger charge is 2.30. The SMILES string of the molecule is NS(=O)(=O)c1ccc(-n2nc([C@@H]3CCOC3)nc2C2CCC2)cc1. The van der Waals surface area contributed by atoms with Crippen LogP contribution in [-0.4, -0.2) is 36.4 Å². The van der Waals surface area contributed by atoms with Crippen LogP contribution in [0.15, 0.2) is 29.2 Å². The molecule has 1 aliphatic carbocycles. The number of ether oxygens (including phenoxy) is 1. The first kappa shape index (κ1) is 15.7. The summed E-state index contributed by atoms with van der Waals surface area (Å²) in [5, 5.41) is 9.87. The number of nitrogens with two attached hydrogens (primary N) is 1. The van der Waals surface area contributed by atoms with E-state index in [1.807, 2.05) is 4.68 Å². The van der Waals surface area contributed by atoms with E-state index in [0.717, 1.165) is 43.2 Å². The molecule has 0 unspecified atom stereocenters. The Balaban J connectivity index is 1.72. The molecule has 1 aromatic carbocycles. The van der Waals surface area contributed by atoms with E-state index < -0.39 is 10.0 Å². The molecule has 1 saturated heterocycles. The minimum Gasteiger partial charge on any atom is -0.381 e. The van der Waals surface area contributed by atoms with Gasteiger partial charge in [0.2, 0.25) is 10.0 Å². The zero-order valence-electron chi connectivity index (χ0n) is 13.3. The molecular formula is C16H20N4O3S. The van der Waals surface area contributed by atoms with Crippen LogP contribution >= 0.6 is 0 Å². The van der Waals surface area contributed by atoms with Gasteiger partial charge in [0.15, 0.2) is 5.82 Å². The second-order valence-electron chi connectivity index (χ2n) is 6.47. The number of hydrogen-bond donors (Lipinski definition) is 1. The number of sulfonamides is 1. The third-order valence-electron chi connectivity index (χ3n) is 4.82. The van der Waals surface area contributed by atoms with E-state index in [-0.39, 0.29) is 10.8 Å². The number of rotatable bonds is 4. The van der Waals surface area contributed by atoms with Gasteiger partial charge in [-0.15, -0.1) is 0 Å². The van der Waals surface area contributed by atoms with Crippen molar-refractivity contribution in [3.05, 3.63) is 35.9 Å². The van der Waals surface area contributed by atoms with Crippen molar-refractivity contribution in [1.29, 1.82) is 0 Å². The van der Waals surface area contributed by atoms with Crippen LogP contribution in [0.25, 0.3) is 5.69 Å². The van der Waals surface area contributed by atoms with Gasteiger partial charge in [-0.05, 0) is 43.5 Å². The van der Waals surface area contributed by atoms with Crippen LogP contribution in [0, 0.1) is 0 Å². The standard InChI is InChI=1S/C16H20N4O3S/c17-24(21,22)14-6-4-13(5-7-14)20-16(11-2-1-3-11)18-15(19-20)12-8-9-23-10-12/h4-7,11-12H,1-3,8-10H2,(H2,17,21,22)/t12-/m1/s1. The lowest BCUT2D eigenvalue weighted by molar-refractivity contribution is 0.193. The number of aromatic nitrogens is 3. The predicted octanol–water partition coefficient (Wildman–Crippen LogP) is 1.69. The summed E-state index contributed by atoms with van der Waals surface area (Å²) < 4.78 is 30.1. The molecule has 0 spiro atoms. The van der Waals surface area contributed by atoms with Gasteiger partial charge in [-0.2, -0.15) is 5.10 Å². The highest BCUT2D eigenvalue weighted by molar-refractivity contribution is 7.89. The predicted molar refractivity (Wildman–Crippen MR) is 87.5 cm³/mol. The Bertz CT molecular complexity index is 835. The van der Waals surface area contributed by atoms with Crippen LogP contribution in [0.3, 0.4) is 0 Å². The third kappa shape index (κ3) is 2.85. The monoisotopic (exact) mass is 348 g/mol. The normalized spacial score (nSPS) is 21.8. The summed E-state index contributed by atoms with van der Waals surface area (Å²) in [6.45, 7) is 1.42. The first-order valence-electron chi connectivity index (χ1n) is 8.20. The number of benzene rings is 1. The maximum absolute atomic E-state index is 11.4. The van der Waals surface area contributed by atoms with E-state index in [9.17, 15) is 8.42 Å². The van der Waals surface area contributed by atoms with Crippen LogP contribution in [-0.2, 0) is 14.8 Å². The largest absolute Gasteiger partial charge is 0.381 e. The molecule has 0 amide bonds. The fraction of sp³-hybridized carbons (Fsp3) is 0.500. The lowest BCUT2D eigenvalue weighted by Crippen LogP contribution is -2.16. The van der Waals surface area contributed by atoms with Crippen LogP contribution in [0.2, 0.25) is 0 Å². The van der Waals surface area contributed by atoms with Crippen molar-refractivity contribution >= 4 is 10.0 Å². The van der Waals surface area contributed by atoms with Gasteiger partial charge < -0.3 is 4.74 Å². The van der Waals surface area contributed by atoms with E-state index in [2.05, 4.69) is 0 Å². The molecule has 1 saturated carbocycles. The smallest absolute Gasteiger partial charge is 0.238 e. The summed E-state index contributed by atoms with van der Waals surface area (Å²) in [4.78, 5) is 4.89. The Morgan fingerprint density at radius 3 is 2.42 bits per heavy atom. The topological polar surface area (TPSA) is 100 Å². The Hall–Kier alpha value is -1.77. The zero-order chi connectivity index (χ0) is 16.7. The molecule has 4 rings (SSSR count).